The largest absolute Gasteiger partial charge is 0.493 e. The number of ketones is 1. The fourth-order valence-corrected chi connectivity index (χ4v) is 3.61. The number of anilines is 1. The lowest BCUT2D eigenvalue weighted by Crippen LogP contribution is -2.30. The topological polar surface area (TPSA) is 38.8 Å². The quantitative estimate of drug-likeness (QED) is 0.479. The van der Waals surface area contributed by atoms with Crippen molar-refractivity contribution in [2.24, 2.45) is 5.92 Å². The van der Waals surface area contributed by atoms with Crippen molar-refractivity contribution in [3.63, 3.8) is 0 Å². The molecule has 0 bridgehead atoms. The molecule has 2 aromatic rings. The third-order valence-electron chi connectivity index (χ3n) is 4.79. The van der Waals surface area contributed by atoms with Gasteiger partial charge in [-0.1, -0.05) is 60.5 Å². The van der Waals surface area contributed by atoms with E-state index < -0.39 is 0 Å². The number of para-hydroxylation sites is 1. The van der Waals surface area contributed by atoms with E-state index in [1.54, 1.807) is 7.11 Å². The Balaban J connectivity index is 0.000000884. The monoisotopic (exact) mass is 487 g/mol. The van der Waals surface area contributed by atoms with Crippen molar-refractivity contribution in [1.29, 1.82) is 0 Å². The van der Waals surface area contributed by atoms with E-state index in [9.17, 15) is 4.79 Å². The molecule has 3 rings (SSSR count). The van der Waals surface area contributed by atoms with E-state index >= 15 is 0 Å². The smallest absolute Gasteiger partial charge is 0.144 e. The number of terminal acetylenes is 1. The zero-order valence-corrected chi connectivity index (χ0v) is 20.7. The van der Waals surface area contributed by atoms with Gasteiger partial charge in [0.2, 0.25) is 0 Å². The summed E-state index contributed by atoms with van der Waals surface area (Å²) in [6.45, 7) is 6.12. The second-order valence-electron chi connectivity index (χ2n) is 7.36. The molecular formula is C26H34BrNO3. The van der Waals surface area contributed by atoms with Crippen LogP contribution in [0.1, 0.15) is 31.4 Å². The van der Waals surface area contributed by atoms with Crippen molar-refractivity contribution in [2.45, 2.75) is 33.1 Å². The van der Waals surface area contributed by atoms with Gasteiger partial charge in [0.25, 0.3) is 0 Å². The van der Waals surface area contributed by atoms with Crippen LogP contribution in [-0.2, 0) is 22.4 Å². The molecular weight excluding hydrogens is 454 g/mol. The molecule has 1 aliphatic heterocycles. The van der Waals surface area contributed by atoms with Gasteiger partial charge in [0, 0.05) is 37.3 Å². The SMILES string of the molecule is C#C.CCC.COCCN(C)c1cc(Br)ccc1CC(=O)C1COc2ccccc2C1. The highest BCUT2D eigenvalue weighted by Gasteiger charge is 2.26. The van der Waals surface area contributed by atoms with Crippen molar-refractivity contribution >= 4 is 27.4 Å². The summed E-state index contributed by atoms with van der Waals surface area (Å²) < 4.78 is 12.0. The number of carbonyl (C=O) groups excluding carboxylic acids is 1. The summed E-state index contributed by atoms with van der Waals surface area (Å²) in [6, 6.07) is 14.0. The molecule has 0 radical (unpaired) electrons. The number of nitrogens with zero attached hydrogens (tertiary/aromatic N) is 1. The lowest BCUT2D eigenvalue weighted by atomic mass is 9.90. The van der Waals surface area contributed by atoms with E-state index in [0.29, 0.717) is 19.6 Å². The first kappa shape index (κ1) is 26.7. The minimum Gasteiger partial charge on any atom is -0.493 e. The average Bonchev–Trinajstić information content (AvgIpc) is 2.80. The van der Waals surface area contributed by atoms with Crippen LogP contribution in [0.5, 0.6) is 5.75 Å². The van der Waals surface area contributed by atoms with E-state index in [0.717, 1.165) is 40.0 Å². The van der Waals surface area contributed by atoms with Crippen LogP contribution in [0.3, 0.4) is 0 Å². The van der Waals surface area contributed by atoms with Crippen LogP contribution in [0.15, 0.2) is 46.9 Å². The van der Waals surface area contributed by atoms with E-state index in [1.807, 2.05) is 43.4 Å². The second-order valence-corrected chi connectivity index (χ2v) is 8.27. The van der Waals surface area contributed by atoms with E-state index in [1.165, 1.54) is 6.42 Å². The Hall–Kier alpha value is -2.29. The first-order valence-corrected chi connectivity index (χ1v) is 11.3. The molecule has 0 saturated heterocycles. The lowest BCUT2D eigenvalue weighted by molar-refractivity contribution is -0.123. The Kier molecular flexibility index (Phi) is 12.7. The fourth-order valence-electron chi connectivity index (χ4n) is 3.26. The number of benzene rings is 2. The van der Waals surface area contributed by atoms with Crippen LogP contribution < -0.4 is 9.64 Å². The Labute approximate surface area is 196 Å². The predicted molar refractivity (Wildman–Crippen MR) is 133 cm³/mol. The summed E-state index contributed by atoms with van der Waals surface area (Å²) in [5, 5.41) is 0. The standard InChI is InChI=1S/C21H24BrNO3.C3H8.C2H2/c1-23(9-10-25-2)19-13-18(22)8-7-15(19)12-20(24)17-11-16-5-3-4-6-21(16)26-14-17;1-3-2;1-2/h3-8,13,17H,9-12,14H2,1-2H3;3H2,1-2H3;1-2H. The summed E-state index contributed by atoms with van der Waals surface area (Å²) in [5.74, 6) is 1.04. The van der Waals surface area contributed by atoms with Crippen molar-refractivity contribution in [1.82, 2.24) is 0 Å². The Bertz CT molecular complexity index is 834. The average molecular weight is 488 g/mol. The van der Waals surface area contributed by atoms with Crippen LogP contribution in [0.25, 0.3) is 0 Å². The summed E-state index contributed by atoms with van der Waals surface area (Å²) in [5.41, 5.74) is 3.21. The van der Waals surface area contributed by atoms with Gasteiger partial charge in [-0.05, 0) is 35.7 Å². The second kappa shape index (κ2) is 14.7. The molecule has 0 amide bonds. The normalized spacial score (nSPS) is 14.0. The molecule has 0 aliphatic carbocycles. The van der Waals surface area contributed by atoms with Crippen LogP contribution in [0, 0.1) is 18.8 Å². The number of hydrogen-bond donors (Lipinski definition) is 0. The molecule has 1 heterocycles. The number of Topliss-reactive ketones (excluding diaryl/α,β-unsaturated/α-hetero) is 1. The maximum atomic E-state index is 12.9. The van der Waals surface area contributed by atoms with Crippen LogP contribution in [-0.4, -0.2) is 39.7 Å². The van der Waals surface area contributed by atoms with Gasteiger partial charge in [-0.25, -0.2) is 0 Å². The zero-order valence-electron chi connectivity index (χ0n) is 19.1. The minimum atomic E-state index is -0.0920. The highest BCUT2D eigenvalue weighted by molar-refractivity contribution is 9.10. The van der Waals surface area contributed by atoms with Crippen molar-refractivity contribution in [2.75, 3.05) is 38.8 Å². The molecule has 1 atom stereocenters. The molecule has 4 nitrogen and oxygen atoms in total. The summed E-state index contributed by atoms with van der Waals surface area (Å²) in [7, 11) is 3.72. The van der Waals surface area contributed by atoms with Crippen molar-refractivity contribution < 1.29 is 14.3 Å². The number of methoxy groups -OCH3 is 1. The van der Waals surface area contributed by atoms with Gasteiger partial charge in [-0.2, -0.15) is 0 Å². The molecule has 31 heavy (non-hydrogen) atoms. The zero-order chi connectivity index (χ0) is 23.2. The molecule has 1 aliphatic rings. The number of fused-ring (bicyclic) bond motifs is 1. The Morgan fingerprint density at radius 3 is 2.58 bits per heavy atom. The number of likely N-dealkylation sites (N-methyl/N-ethyl adjacent to an activating group) is 1. The highest BCUT2D eigenvalue weighted by Crippen LogP contribution is 2.30. The fraction of sp³-hybridized carbons (Fsp3) is 0.423. The Morgan fingerprint density at radius 1 is 1.23 bits per heavy atom. The van der Waals surface area contributed by atoms with Gasteiger partial charge >= 0.3 is 0 Å². The number of rotatable bonds is 7. The maximum absolute atomic E-state index is 12.9. The number of hydrogen-bond acceptors (Lipinski definition) is 4. The molecule has 0 spiro atoms. The molecule has 0 fully saturated rings. The Morgan fingerprint density at radius 2 is 1.90 bits per heavy atom. The van der Waals surface area contributed by atoms with Crippen LogP contribution in [0.2, 0.25) is 0 Å². The van der Waals surface area contributed by atoms with Crippen molar-refractivity contribution in [3.05, 3.63) is 58.1 Å². The van der Waals surface area contributed by atoms with E-state index in [2.05, 4.69) is 53.6 Å². The van der Waals surface area contributed by atoms with Gasteiger partial charge in [0.1, 0.15) is 11.5 Å². The van der Waals surface area contributed by atoms with Crippen LogP contribution in [0.4, 0.5) is 5.69 Å². The molecule has 0 N–H and O–H groups in total. The first-order chi connectivity index (χ1) is 15.0. The van der Waals surface area contributed by atoms with Gasteiger partial charge in [0.05, 0.1) is 19.1 Å². The molecule has 2 aromatic carbocycles. The van der Waals surface area contributed by atoms with E-state index in [4.69, 9.17) is 9.47 Å². The van der Waals surface area contributed by atoms with Gasteiger partial charge in [0.15, 0.2) is 0 Å². The maximum Gasteiger partial charge on any atom is 0.144 e. The van der Waals surface area contributed by atoms with Gasteiger partial charge < -0.3 is 14.4 Å². The minimum absolute atomic E-state index is 0.0920. The van der Waals surface area contributed by atoms with Crippen molar-refractivity contribution in [3.8, 4) is 18.6 Å². The third kappa shape index (κ3) is 8.40. The molecule has 1 unspecified atom stereocenters. The van der Waals surface area contributed by atoms with Crippen LogP contribution >= 0.6 is 15.9 Å². The summed E-state index contributed by atoms with van der Waals surface area (Å²) in [6.07, 6.45) is 10.4. The van der Waals surface area contributed by atoms with Gasteiger partial charge in [-0.15, -0.1) is 12.8 Å². The number of ether oxygens (including phenoxy) is 2. The summed E-state index contributed by atoms with van der Waals surface area (Å²) >= 11 is 3.53. The molecule has 168 valence electrons. The highest BCUT2D eigenvalue weighted by atomic mass is 79.9. The molecule has 0 aromatic heterocycles. The summed E-state index contributed by atoms with van der Waals surface area (Å²) in [4.78, 5) is 15.0. The predicted octanol–water partition coefficient (Wildman–Crippen LogP) is 5.56. The molecule has 5 heteroatoms. The van der Waals surface area contributed by atoms with Gasteiger partial charge in [-0.3, -0.25) is 4.79 Å². The number of carbonyl (C=O) groups is 1. The number of halogens is 1. The first-order valence-electron chi connectivity index (χ1n) is 10.5. The molecule has 0 saturated carbocycles. The third-order valence-corrected chi connectivity index (χ3v) is 5.28. The van der Waals surface area contributed by atoms with E-state index in [-0.39, 0.29) is 11.7 Å². The lowest BCUT2D eigenvalue weighted by Gasteiger charge is -2.26.